The number of nitrogens with zero attached hydrogens (tertiary/aromatic N) is 3. The number of anilines is 2. The van der Waals surface area contributed by atoms with Crippen LogP contribution in [0.5, 0.6) is 11.5 Å². The molecule has 2 aromatic carbocycles. The maximum absolute atomic E-state index is 13.5. The summed E-state index contributed by atoms with van der Waals surface area (Å²) in [6, 6.07) is 13.1. The summed E-state index contributed by atoms with van der Waals surface area (Å²) in [4.78, 5) is 15.3. The van der Waals surface area contributed by atoms with E-state index in [4.69, 9.17) is 9.47 Å². The van der Waals surface area contributed by atoms with E-state index in [0.29, 0.717) is 17.1 Å². The smallest absolute Gasteiger partial charge is 0.262 e. The zero-order valence-corrected chi connectivity index (χ0v) is 15.9. The van der Waals surface area contributed by atoms with Crippen LogP contribution in [0.4, 0.5) is 11.4 Å². The van der Waals surface area contributed by atoms with Gasteiger partial charge in [0.1, 0.15) is 6.17 Å². The first-order chi connectivity index (χ1) is 13.5. The zero-order valence-electron chi connectivity index (χ0n) is 15.9. The lowest BCUT2D eigenvalue weighted by Crippen LogP contribution is -2.43. The van der Waals surface area contributed by atoms with Gasteiger partial charge in [0.2, 0.25) is 6.79 Å². The lowest BCUT2D eigenvalue weighted by atomic mass is 10.0. The second-order valence-corrected chi connectivity index (χ2v) is 7.01. The lowest BCUT2D eigenvalue weighted by molar-refractivity contribution is 0.0975. The molecule has 1 aromatic heterocycles. The first-order valence-corrected chi connectivity index (χ1v) is 9.13. The molecule has 0 spiro atoms. The molecule has 0 unspecified atom stereocenters. The van der Waals surface area contributed by atoms with Crippen molar-refractivity contribution in [3.63, 3.8) is 0 Å². The average molecular weight is 376 g/mol. The minimum Gasteiger partial charge on any atom is -0.454 e. The Kier molecular flexibility index (Phi) is 3.58. The van der Waals surface area contributed by atoms with Gasteiger partial charge in [-0.25, -0.2) is 0 Å². The highest BCUT2D eigenvalue weighted by Gasteiger charge is 2.37. The average Bonchev–Trinajstić information content (AvgIpc) is 3.25. The van der Waals surface area contributed by atoms with E-state index >= 15 is 0 Å². The number of hydrogen-bond acceptors (Lipinski definition) is 5. The molecule has 0 fully saturated rings. The van der Waals surface area contributed by atoms with Crippen LogP contribution in [0, 0.1) is 13.8 Å². The Hall–Kier alpha value is -3.48. The Balaban J connectivity index is 1.70. The Morgan fingerprint density at radius 2 is 1.89 bits per heavy atom. The molecule has 1 N–H and O–H groups in total. The Morgan fingerprint density at radius 1 is 1.11 bits per heavy atom. The number of fused-ring (bicyclic) bond motifs is 2. The maximum Gasteiger partial charge on any atom is 0.262 e. The molecule has 2 aliphatic heterocycles. The Bertz CT molecular complexity index is 1110. The van der Waals surface area contributed by atoms with Crippen LogP contribution in [-0.4, -0.2) is 22.5 Å². The van der Waals surface area contributed by atoms with E-state index in [9.17, 15) is 4.79 Å². The topological polar surface area (TPSA) is 68.6 Å². The molecule has 1 amide bonds. The van der Waals surface area contributed by atoms with E-state index in [0.717, 1.165) is 28.3 Å². The maximum atomic E-state index is 13.5. The fraction of sp³-hybridized carbons (Fsp3) is 0.238. The summed E-state index contributed by atoms with van der Waals surface area (Å²) in [6.45, 7) is 4.17. The molecular weight excluding hydrogens is 356 g/mol. The predicted octanol–water partition coefficient (Wildman–Crippen LogP) is 3.54. The van der Waals surface area contributed by atoms with Crippen molar-refractivity contribution in [2.75, 3.05) is 17.0 Å². The van der Waals surface area contributed by atoms with Crippen LogP contribution in [0.25, 0.3) is 0 Å². The monoisotopic (exact) mass is 376 g/mol. The summed E-state index contributed by atoms with van der Waals surface area (Å²) >= 11 is 0. The summed E-state index contributed by atoms with van der Waals surface area (Å²) in [5, 5.41) is 8.08. The highest BCUT2D eigenvalue weighted by atomic mass is 16.7. The molecule has 0 saturated heterocycles. The van der Waals surface area contributed by atoms with Crippen molar-refractivity contribution < 1.29 is 14.3 Å². The van der Waals surface area contributed by atoms with Crippen LogP contribution in [0.2, 0.25) is 0 Å². The molecule has 142 valence electrons. The second-order valence-electron chi connectivity index (χ2n) is 7.01. The quantitative estimate of drug-likeness (QED) is 0.741. The number of carbonyl (C=O) groups excluding carboxylic acids is 1. The third-order valence-corrected chi connectivity index (χ3v) is 5.40. The highest BCUT2D eigenvalue weighted by Crippen LogP contribution is 2.42. The Labute approximate surface area is 162 Å². The van der Waals surface area contributed by atoms with E-state index in [1.165, 1.54) is 0 Å². The van der Waals surface area contributed by atoms with Crippen molar-refractivity contribution in [1.29, 1.82) is 0 Å². The number of para-hydroxylation sites is 1. The summed E-state index contributed by atoms with van der Waals surface area (Å²) in [5.74, 6) is 1.26. The van der Waals surface area contributed by atoms with Gasteiger partial charge in [-0.1, -0.05) is 12.1 Å². The van der Waals surface area contributed by atoms with Crippen LogP contribution in [0.3, 0.4) is 0 Å². The first kappa shape index (κ1) is 16.7. The molecule has 28 heavy (non-hydrogen) atoms. The van der Waals surface area contributed by atoms with Gasteiger partial charge in [-0.05, 0) is 38.1 Å². The van der Waals surface area contributed by atoms with Crippen molar-refractivity contribution >= 4 is 17.3 Å². The van der Waals surface area contributed by atoms with Gasteiger partial charge in [0.05, 0.1) is 16.9 Å². The van der Waals surface area contributed by atoms with E-state index in [-0.39, 0.29) is 18.9 Å². The number of rotatable bonds is 2. The number of benzene rings is 2. The molecule has 7 nitrogen and oxygen atoms in total. The first-order valence-electron chi connectivity index (χ1n) is 9.13. The number of aryl methyl sites for hydroxylation is 2. The zero-order chi connectivity index (χ0) is 19.4. The van der Waals surface area contributed by atoms with Crippen LogP contribution in [-0.2, 0) is 7.05 Å². The van der Waals surface area contributed by atoms with Gasteiger partial charge < -0.3 is 14.8 Å². The van der Waals surface area contributed by atoms with Gasteiger partial charge in [-0.2, -0.15) is 5.10 Å². The van der Waals surface area contributed by atoms with E-state index in [1.807, 2.05) is 68.0 Å². The van der Waals surface area contributed by atoms with Crippen molar-refractivity contribution in [3.8, 4) is 11.5 Å². The summed E-state index contributed by atoms with van der Waals surface area (Å²) in [6.07, 6.45) is -0.378. The van der Waals surface area contributed by atoms with E-state index < -0.39 is 0 Å². The van der Waals surface area contributed by atoms with E-state index in [1.54, 1.807) is 4.90 Å². The molecule has 0 aliphatic carbocycles. The van der Waals surface area contributed by atoms with Gasteiger partial charge in [0.15, 0.2) is 11.5 Å². The third kappa shape index (κ3) is 2.36. The van der Waals surface area contributed by atoms with Crippen LogP contribution in [0.1, 0.15) is 33.5 Å². The lowest BCUT2D eigenvalue weighted by Gasteiger charge is -2.38. The number of nitrogens with one attached hydrogen (secondary N) is 1. The van der Waals surface area contributed by atoms with Crippen LogP contribution < -0.4 is 19.7 Å². The molecule has 3 heterocycles. The molecule has 1 atom stereocenters. The van der Waals surface area contributed by atoms with Gasteiger partial charge in [-0.15, -0.1) is 0 Å². The van der Waals surface area contributed by atoms with Crippen molar-refractivity contribution in [2.24, 2.45) is 7.05 Å². The van der Waals surface area contributed by atoms with Crippen molar-refractivity contribution in [3.05, 3.63) is 65.0 Å². The minimum atomic E-state index is -0.378. The molecule has 0 radical (unpaired) electrons. The molecule has 3 aromatic rings. The summed E-state index contributed by atoms with van der Waals surface area (Å²) in [5.41, 5.74) is 5.07. The molecule has 7 heteroatoms. The third-order valence-electron chi connectivity index (χ3n) is 5.40. The number of carbonyl (C=O) groups is 1. The molecule has 0 bridgehead atoms. The van der Waals surface area contributed by atoms with Gasteiger partial charge >= 0.3 is 0 Å². The Morgan fingerprint density at radius 3 is 2.68 bits per heavy atom. The number of amides is 1. The van der Waals surface area contributed by atoms with Crippen molar-refractivity contribution in [2.45, 2.75) is 20.0 Å². The van der Waals surface area contributed by atoms with Gasteiger partial charge in [0, 0.05) is 30.1 Å². The largest absolute Gasteiger partial charge is 0.454 e. The second kappa shape index (κ2) is 6.02. The molecule has 5 rings (SSSR count). The predicted molar refractivity (Wildman–Crippen MR) is 105 cm³/mol. The standard InChI is InChI=1S/C21H20N4O3/c1-12-19(13(2)24(3)23-12)20-22-16-7-5-4-6-15(16)21(26)25(20)14-8-9-17-18(10-14)28-11-27-17/h4-10,20,22H,11H2,1-3H3/t20-/m1/s1. The van der Waals surface area contributed by atoms with Crippen molar-refractivity contribution in [1.82, 2.24) is 9.78 Å². The fourth-order valence-corrected chi connectivity index (χ4v) is 3.94. The summed E-state index contributed by atoms with van der Waals surface area (Å²) in [7, 11) is 1.91. The fourth-order valence-electron chi connectivity index (χ4n) is 3.94. The molecule has 0 saturated carbocycles. The normalized spacial score (nSPS) is 17.5. The summed E-state index contributed by atoms with van der Waals surface area (Å²) < 4.78 is 12.8. The van der Waals surface area contributed by atoms with E-state index in [2.05, 4.69) is 10.4 Å². The number of hydrogen-bond donors (Lipinski definition) is 1. The van der Waals surface area contributed by atoms with Crippen LogP contribution in [0.15, 0.2) is 42.5 Å². The van der Waals surface area contributed by atoms with Gasteiger partial charge in [0.25, 0.3) is 5.91 Å². The SMILES string of the molecule is Cc1nn(C)c(C)c1[C@@H]1Nc2ccccc2C(=O)N1c1ccc2c(c1)OCO2. The highest BCUT2D eigenvalue weighted by molar-refractivity contribution is 6.12. The van der Waals surface area contributed by atoms with Crippen LogP contribution >= 0.6 is 0 Å². The minimum absolute atomic E-state index is 0.0686. The number of ether oxygens (including phenoxy) is 2. The molecular formula is C21H20N4O3. The number of aromatic nitrogens is 2. The van der Waals surface area contributed by atoms with Gasteiger partial charge in [-0.3, -0.25) is 14.4 Å². The molecule has 2 aliphatic rings.